The van der Waals surface area contributed by atoms with E-state index in [4.69, 9.17) is 9.15 Å². The number of furan rings is 1. The first-order valence-corrected chi connectivity index (χ1v) is 10.7. The normalized spacial score (nSPS) is 12.8. The van der Waals surface area contributed by atoms with Gasteiger partial charge in [-0.3, -0.25) is 4.79 Å². The zero-order valence-electron chi connectivity index (χ0n) is 18.1. The van der Waals surface area contributed by atoms with Gasteiger partial charge in [0.05, 0.1) is 19.9 Å². The smallest absolute Gasteiger partial charge is 0.322 e. The Morgan fingerprint density at radius 3 is 2.53 bits per heavy atom. The Balaban J connectivity index is 1.47. The van der Waals surface area contributed by atoms with Crippen LogP contribution < -0.4 is 10.1 Å². The van der Waals surface area contributed by atoms with Gasteiger partial charge in [0.2, 0.25) is 5.91 Å². The molecule has 0 radical (unpaired) electrons. The summed E-state index contributed by atoms with van der Waals surface area (Å²) in [7, 11) is 1.58. The van der Waals surface area contributed by atoms with Gasteiger partial charge in [0, 0.05) is 24.3 Å². The van der Waals surface area contributed by atoms with Gasteiger partial charge in [0.15, 0.2) is 0 Å². The lowest BCUT2D eigenvalue weighted by atomic mass is 10.2. The number of urea groups is 1. The van der Waals surface area contributed by atoms with Crippen molar-refractivity contribution in [1.82, 2.24) is 9.80 Å². The largest absolute Gasteiger partial charge is 0.497 e. The molecule has 3 amide bonds. The van der Waals surface area contributed by atoms with E-state index in [9.17, 15) is 9.59 Å². The fourth-order valence-electron chi connectivity index (χ4n) is 3.52. The highest BCUT2D eigenvalue weighted by molar-refractivity contribution is 5.93. The summed E-state index contributed by atoms with van der Waals surface area (Å²) in [6.07, 6.45) is 3.39. The van der Waals surface area contributed by atoms with E-state index in [-0.39, 0.29) is 24.5 Å². The summed E-state index contributed by atoms with van der Waals surface area (Å²) in [6, 6.07) is 20.4. The molecule has 0 aliphatic heterocycles. The van der Waals surface area contributed by atoms with Crippen LogP contribution >= 0.6 is 0 Å². The topological polar surface area (TPSA) is 75.0 Å². The van der Waals surface area contributed by atoms with E-state index in [2.05, 4.69) is 5.32 Å². The quantitative estimate of drug-likeness (QED) is 0.539. The Bertz CT molecular complexity index is 1030. The first-order valence-electron chi connectivity index (χ1n) is 10.7. The van der Waals surface area contributed by atoms with Gasteiger partial charge in [0.1, 0.15) is 18.1 Å². The molecule has 1 N–H and O–H groups in total. The van der Waals surface area contributed by atoms with Crippen molar-refractivity contribution < 1.29 is 18.7 Å². The molecule has 2 aromatic carbocycles. The number of hydrogen-bond acceptors (Lipinski definition) is 4. The zero-order chi connectivity index (χ0) is 22.3. The molecule has 7 nitrogen and oxygen atoms in total. The van der Waals surface area contributed by atoms with Crippen LogP contribution in [0.1, 0.15) is 24.2 Å². The average molecular weight is 434 g/mol. The van der Waals surface area contributed by atoms with Gasteiger partial charge in [-0.2, -0.15) is 0 Å². The molecule has 0 spiro atoms. The van der Waals surface area contributed by atoms with Crippen molar-refractivity contribution in [3.8, 4) is 5.75 Å². The van der Waals surface area contributed by atoms with Crippen LogP contribution in [0.15, 0.2) is 77.4 Å². The van der Waals surface area contributed by atoms with Crippen LogP contribution in [0.5, 0.6) is 5.75 Å². The molecular formula is C25H27N3O4. The standard InChI is InChI=1S/C25H27N3O4/c1-31-22-10-5-9-20(15-22)26-25(30)28(21-12-13-21)18-24(29)27(17-23-11-6-14-32-23)16-19-7-3-2-4-8-19/h2-11,14-15,21H,12-13,16-18H2,1H3,(H,26,30). The molecule has 1 aliphatic rings. The zero-order valence-corrected chi connectivity index (χ0v) is 18.1. The lowest BCUT2D eigenvalue weighted by Gasteiger charge is -2.27. The molecule has 0 atom stereocenters. The van der Waals surface area contributed by atoms with E-state index in [1.165, 1.54) is 0 Å². The predicted molar refractivity (Wildman–Crippen MR) is 121 cm³/mol. The maximum Gasteiger partial charge on any atom is 0.322 e. The Morgan fingerprint density at radius 1 is 1.03 bits per heavy atom. The van der Waals surface area contributed by atoms with Crippen LogP contribution in [-0.4, -0.2) is 41.4 Å². The van der Waals surface area contributed by atoms with E-state index in [0.29, 0.717) is 30.3 Å². The molecular weight excluding hydrogens is 406 g/mol. The highest BCUT2D eigenvalue weighted by Crippen LogP contribution is 2.28. The van der Waals surface area contributed by atoms with Crippen LogP contribution in [0, 0.1) is 0 Å². The van der Waals surface area contributed by atoms with E-state index >= 15 is 0 Å². The maximum absolute atomic E-state index is 13.3. The lowest BCUT2D eigenvalue weighted by Crippen LogP contribution is -2.45. The SMILES string of the molecule is COc1cccc(NC(=O)N(CC(=O)N(Cc2ccccc2)Cc2ccco2)C2CC2)c1. The third kappa shape index (κ3) is 5.69. The summed E-state index contributed by atoms with van der Waals surface area (Å²) in [5.74, 6) is 1.23. The predicted octanol–water partition coefficient (Wildman–Crippen LogP) is 4.51. The number of methoxy groups -OCH3 is 1. The number of nitrogens with zero attached hydrogens (tertiary/aromatic N) is 2. The Labute approximate surface area is 187 Å². The summed E-state index contributed by atoms with van der Waals surface area (Å²) >= 11 is 0. The van der Waals surface area contributed by atoms with Crippen LogP contribution in [0.3, 0.4) is 0 Å². The van der Waals surface area contributed by atoms with Gasteiger partial charge >= 0.3 is 6.03 Å². The number of benzene rings is 2. The van der Waals surface area contributed by atoms with Gasteiger partial charge in [-0.1, -0.05) is 36.4 Å². The van der Waals surface area contributed by atoms with Crippen LogP contribution in [0.25, 0.3) is 0 Å². The monoisotopic (exact) mass is 433 g/mol. The Morgan fingerprint density at radius 2 is 1.84 bits per heavy atom. The average Bonchev–Trinajstić information content (AvgIpc) is 3.52. The minimum absolute atomic E-state index is 0.00795. The van der Waals surface area contributed by atoms with Gasteiger partial charge in [-0.15, -0.1) is 0 Å². The molecule has 0 saturated heterocycles. The van der Waals surface area contributed by atoms with Crippen molar-refractivity contribution in [2.45, 2.75) is 32.0 Å². The third-order valence-electron chi connectivity index (χ3n) is 5.37. The van der Waals surface area contributed by atoms with E-state index < -0.39 is 0 Å². The van der Waals surface area contributed by atoms with Gasteiger partial charge < -0.3 is 24.3 Å². The number of hydrogen-bond donors (Lipinski definition) is 1. The van der Waals surface area contributed by atoms with Crippen molar-refractivity contribution in [1.29, 1.82) is 0 Å². The maximum atomic E-state index is 13.3. The molecule has 1 saturated carbocycles. The van der Waals surface area contributed by atoms with Gasteiger partial charge in [0.25, 0.3) is 0 Å². The summed E-state index contributed by atoms with van der Waals surface area (Å²) in [5, 5.41) is 2.90. The number of amides is 3. The Hall–Kier alpha value is -3.74. The number of nitrogens with one attached hydrogen (secondary N) is 1. The van der Waals surface area contributed by atoms with Crippen LogP contribution in [0.4, 0.5) is 10.5 Å². The highest BCUT2D eigenvalue weighted by atomic mass is 16.5. The molecule has 1 aliphatic carbocycles. The molecule has 7 heteroatoms. The summed E-state index contributed by atoms with van der Waals surface area (Å²) in [4.78, 5) is 29.7. The summed E-state index contributed by atoms with van der Waals surface area (Å²) in [6.45, 7) is 0.793. The van der Waals surface area contributed by atoms with Crippen molar-refractivity contribution >= 4 is 17.6 Å². The summed E-state index contributed by atoms with van der Waals surface area (Å²) < 4.78 is 10.7. The molecule has 1 heterocycles. The van der Waals surface area contributed by atoms with E-state index in [1.54, 1.807) is 41.4 Å². The van der Waals surface area contributed by atoms with E-state index in [1.807, 2.05) is 48.5 Å². The number of carbonyl (C=O) groups excluding carboxylic acids is 2. The van der Waals surface area contributed by atoms with Crippen molar-refractivity contribution in [3.63, 3.8) is 0 Å². The fourth-order valence-corrected chi connectivity index (χ4v) is 3.52. The second kappa shape index (κ2) is 10.0. The van der Waals surface area contributed by atoms with Gasteiger partial charge in [-0.05, 0) is 42.7 Å². The second-order valence-electron chi connectivity index (χ2n) is 7.84. The second-order valence-corrected chi connectivity index (χ2v) is 7.84. The molecule has 1 fully saturated rings. The fraction of sp³-hybridized carbons (Fsp3) is 0.280. The minimum Gasteiger partial charge on any atom is -0.497 e. The molecule has 4 rings (SSSR count). The first-order chi connectivity index (χ1) is 15.6. The molecule has 166 valence electrons. The number of carbonyl (C=O) groups is 2. The third-order valence-corrected chi connectivity index (χ3v) is 5.37. The molecule has 0 bridgehead atoms. The first kappa shape index (κ1) is 21.5. The number of anilines is 1. The molecule has 0 unspecified atom stereocenters. The molecule has 32 heavy (non-hydrogen) atoms. The highest BCUT2D eigenvalue weighted by Gasteiger charge is 2.35. The number of rotatable bonds is 9. The van der Waals surface area contributed by atoms with Crippen molar-refractivity contribution in [3.05, 3.63) is 84.3 Å². The lowest BCUT2D eigenvalue weighted by molar-refractivity contribution is -0.133. The van der Waals surface area contributed by atoms with E-state index in [0.717, 1.165) is 18.4 Å². The number of ether oxygens (including phenoxy) is 1. The summed E-state index contributed by atoms with van der Waals surface area (Å²) in [5.41, 5.74) is 1.65. The minimum atomic E-state index is -0.285. The van der Waals surface area contributed by atoms with Crippen LogP contribution in [0.2, 0.25) is 0 Å². The molecule has 3 aromatic rings. The van der Waals surface area contributed by atoms with Crippen molar-refractivity contribution in [2.24, 2.45) is 0 Å². The van der Waals surface area contributed by atoms with Crippen LogP contribution in [-0.2, 0) is 17.9 Å². The van der Waals surface area contributed by atoms with Gasteiger partial charge in [-0.25, -0.2) is 4.79 Å². The molecule has 1 aromatic heterocycles. The van der Waals surface area contributed by atoms with Crippen molar-refractivity contribution in [2.75, 3.05) is 19.0 Å². The Kier molecular flexibility index (Phi) is 6.75.